The SMILES string of the molecule is CCCSCC(=O)N1C[C@@H](NC(=O)c2ccno2)C[C@H]1C(=O)NCC. The number of hydrogen-bond donors (Lipinski definition) is 2. The number of carbonyl (C=O) groups is 3. The van der Waals surface area contributed by atoms with E-state index in [1.165, 1.54) is 12.3 Å². The lowest BCUT2D eigenvalue weighted by Crippen LogP contribution is -2.46. The molecular weight excluding hydrogens is 344 g/mol. The summed E-state index contributed by atoms with van der Waals surface area (Å²) in [5.74, 6) is 0.687. The van der Waals surface area contributed by atoms with Gasteiger partial charge in [0.15, 0.2) is 0 Å². The second-order valence-corrected chi connectivity index (χ2v) is 6.90. The molecule has 138 valence electrons. The van der Waals surface area contributed by atoms with Crippen molar-refractivity contribution >= 4 is 29.5 Å². The van der Waals surface area contributed by atoms with Crippen molar-refractivity contribution in [2.24, 2.45) is 0 Å². The lowest BCUT2D eigenvalue weighted by molar-refractivity contribution is -0.136. The zero-order chi connectivity index (χ0) is 18.2. The average molecular weight is 368 g/mol. The number of amides is 3. The maximum absolute atomic E-state index is 12.5. The predicted octanol–water partition coefficient (Wildman–Crippen LogP) is 0.653. The van der Waals surface area contributed by atoms with E-state index in [4.69, 9.17) is 4.52 Å². The fraction of sp³-hybridized carbons (Fsp3) is 0.625. The van der Waals surface area contributed by atoms with Gasteiger partial charge in [-0.25, -0.2) is 0 Å². The van der Waals surface area contributed by atoms with E-state index in [2.05, 4.69) is 22.7 Å². The van der Waals surface area contributed by atoms with Gasteiger partial charge < -0.3 is 20.1 Å². The van der Waals surface area contributed by atoms with Gasteiger partial charge >= 0.3 is 0 Å². The molecule has 0 radical (unpaired) electrons. The van der Waals surface area contributed by atoms with Crippen LogP contribution in [0.3, 0.4) is 0 Å². The minimum atomic E-state index is -0.560. The van der Waals surface area contributed by atoms with Crippen molar-refractivity contribution in [3.8, 4) is 0 Å². The summed E-state index contributed by atoms with van der Waals surface area (Å²) >= 11 is 1.55. The normalized spacial score (nSPS) is 19.7. The summed E-state index contributed by atoms with van der Waals surface area (Å²) in [6.07, 6.45) is 2.77. The number of likely N-dealkylation sites (N-methyl/N-ethyl adjacent to an activating group) is 1. The van der Waals surface area contributed by atoms with E-state index in [0.717, 1.165) is 12.2 Å². The van der Waals surface area contributed by atoms with Crippen LogP contribution in [0.15, 0.2) is 16.8 Å². The first-order chi connectivity index (χ1) is 12.1. The lowest BCUT2D eigenvalue weighted by Gasteiger charge is -2.23. The van der Waals surface area contributed by atoms with E-state index in [9.17, 15) is 14.4 Å². The molecule has 0 bridgehead atoms. The van der Waals surface area contributed by atoms with E-state index < -0.39 is 11.9 Å². The van der Waals surface area contributed by atoms with Gasteiger partial charge in [0.25, 0.3) is 5.91 Å². The van der Waals surface area contributed by atoms with E-state index in [1.807, 2.05) is 6.92 Å². The van der Waals surface area contributed by atoms with Crippen molar-refractivity contribution in [2.45, 2.75) is 38.8 Å². The molecule has 0 aliphatic carbocycles. The molecule has 1 aliphatic heterocycles. The summed E-state index contributed by atoms with van der Waals surface area (Å²) in [6.45, 7) is 4.70. The molecule has 1 aromatic rings. The topological polar surface area (TPSA) is 105 Å². The van der Waals surface area contributed by atoms with Gasteiger partial charge in [-0.3, -0.25) is 14.4 Å². The number of hydrogen-bond acceptors (Lipinski definition) is 6. The quantitative estimate of drug-likeness (QED) is 0.653. The molecule has 8 nitrogen and oxygen atoms in total. The van der Waals surface area contributed by atoms with E-state index in [0.29, 0.717) is 25.3 Å². The minimum absolute atomic E-state index is 0.0777. The van der Waals surface area contributed by atoms with Crippen molar-refractivity contribution in [3.05, 3.63) is 18.0 Å². The predicted molar refractivity (Wildman–Crippen MR) is 94.2 cm³/mol. The highest BCUT2D eigenvalue weighted by Crippen LogP contribution is 2.20. The molecule has 0 saturated carbocycles. The first-order valence-electron chi connectivity index (χ1n) is 8.43. The number of carbonyl (C=O) groups excluding carboxylic acids is 3. The second kappa shape index (κ2) is 9.45. The molecule has 1 aliphatic rings. The molecule has 2 rings (SSSR count). The highest BCUT2D eigenvalue weighted by molar-refractivity contribution is 7.99. The van der Waals surface area contributed by atoms with Crippen LogP contribution in [0.25, 0.3) is 0 Å². The first kappa shape index (κ1) is 19.3. The summed E-state index contributed by atoms with van der Waals surface area (Å²) in [4.78, 5) is 38.4. The van der Waals surface area contributed by atoms with Crippen molar-refractivity contribution in [3.63, 3.8) is 0 Å². The van der Waals surface area contributed by atoms with E-state index in [1.54, 1.807) is 16.7 Å². The monoisotopic (exact) mass is 368 g/mol. The van der Waals surface area contributed by atoms with Gasteiger partial charge in [-0.2, -0.15) is 11.8 Å². The average Bonchev–Trinajstić information content (AvgIpc) is 3.25. The van der Waals surface area contributed by atoms with Crippen LogP contribution in [0, 0.1) is 0 Å². The van der Waals surface area contributed by atoms with Crippen LogP contribution < -0.4 is 10.6 Å². The minimum Gasteiger partial charge on any atom is -0.355 e. The zero-order valence-electron chi connectivity index (χ0n) is 14.5. The third-order valence-electron chi connectivity index (χ3n) is 3.85. The molecule has 0 aromatic carbocycles. The highest BCUT2D eigenvalue weighted by atomic mass is 32.2. The van der Waals surface area contributed by atoms with Gasteiger partial charge in [-0.05, 0) is 25.5 Å². The Kier molecular flexibility index (Phi) is 7.30. The van der Waals surface area contributed by atoms with E-state index >= 15 is 0 Å². The van der Waals surface area contributed by atoms with Crippen molar-refractivity contribution in [2.75, 3.05) is 24.6 Å². The maximum Gasteiger partial charge on any atom is 0.290 e. The number of nitrogens with zero attached hydrogens (tertiary/aromatic N) is 2. The van der Waals surface area contributed by atoms with Gasteiger partial charge in [-0.15, -0.1) is 0 Å². The fourth-order valence-corrected chi connectivity index (χ4v) is 3.51. The summed E-state index contributed by atoms with van der Waals surface area (Å²) in [5.41, 5.74) is 0. The molecule has 2 N–H and O–H groups in total. The number of nitrogens with one attached hydrogen (secondary N) is 2. The molecule has 1 aromatic heterocycles. The Morgan fingerprint density at radius 3 is 2.84 bits per heavy atom. The standard InChI is InChI=1S/C16H24N4O4S/c1-3-7-25-10-14(21)20-9-11(8-12(20)15(22)17-4-2)19-16(23)13-5-6-18-24-13/h5-6,11-12H,3-4,7-10H2,1-2H3,(H,17,22)(H,19,23)/t11-,12-/m0/s1. The molecule has 2 atom stereocenters. The molecule has 2 heterocycles. The molecular formula is C16H24N4O4S. The van der Waals surface area contributed by atoms with Crippen LogP contribution in [-0.2, 0) is 9.59 Å². The fourth-order valence-electron chi connectivity index (χ4n) is 2.73. The number of thioether (sulfide) groups is 1. The largest absolute Gasteiger partial charge is 0.355 e. The lowest BCUT2D eigenvalue weighted by atomic mass is 10.1. The molecule has 0 spiro atoms. The van der Waals surface area contributed by atoms with Crippen molar-refractivity contribution in [1.82, 2.24) is 20.7 Å². The first-order valence-corrected chi connectivity index (χ1v) is 9.58. The van der Waals surface area contributed by atoms with Crippen LogP contribution in [0.4, 0.5) is 0 Å². The van der Waals surface area contributed by atoms with Gasteiger partial charge in [0.1, 0.15) is 6.04 Å². The Balaban J connectivity index is 2.00. The van der Waals surface area contributed by atoms with Gasteiger partial charge in [-0.1, -0.05) is 12.1 Å². The summed E-state index contributed by atoms with van der Waals surface area (Å²) < 4.78 is 4.83. The maximum atomic E-state index is 12.5. The van der Waals surface area contributed by atoms with Crippen LogP contribution in [0.5, 0.6) is 0 Å². The highest BCUT2D eigenvalue weighted by Gasteiger charge is 2.40. The van der Waals surface area contributed by atoms with Crippen molar-refractivity contribution in [1.29, 1.82) is 0 Å². The summed E-state index contributed by atoms with van der Waals surface area (Å²) in [7, 11) is 0. The summed E-state index contributed by atoms with van der Waals surface area (Å²) in [6, 6.07) is 0.607. The van der Waals surface area contributed by atoms with E-state index in [-0.39, 0.29) is 23.6 Å². The van der Waals surface area contributed by atoms with Gasteiger partial charge in [0.2, 0.25) is 17.6 Å². The molecule has 1 saturated heterocycles. The molecule has 3 amide bonds. The molecule has 25 heavy (non-hydrogen) atoms. The number of likely N-dealkylation sites (tertiary alicyclic amines) is 1. The van der Waals surface area contributed by atoms with Crippen molar-refractivity contribution < 1.29 is 18.9 Å². The molecule has 9 heteroatoms. The Labute approximate surface area is 151 Å². The van der Waals surface area contributed by atoms with Gasteiger partial charge in [0, 0.05) is 25.2 Å². The zero-order valence-corrected chi connectivity index (χ0v) is 15.3. The van der Waals surface area contributed by atoms with Crippen LogP contribution in [0.1, 0.15) is 37.2 Å². The number of aromatic nitrogens is 1. The third-order valence-corrected chi connectivity index (χ3v) is 4.99. The number of rotatable bonds is 8. The Morgan fingerprint density at radius 2 is 2.20 bits per heavy atom. The third kappa shape index (κ3) is 5.22. The van der Waals surface area contributed by atoms with Crippen LogP contribution in [-0.4, -0.2) is 64.5 Å². The van der Waals surface area contributed by atoms with Crippen LogP contribution >= 0.6 is 11.8 Å². The Morgan fingerprint density at radius 1 is 1.40 bits per heavy atom. The summed E-state index contributed by atoms with van der Waals surface area (Å²) in [5, 5.41) is 9.07. The second-order valence-electron chi connectivity index (χ2n) is 5.79. The Bertz CT molecular complexity index is 593. The van der Waals surface area contributed by atoms with Gasteiger partial charge in [0.05, 0.1) is 11.9 Å². The molecule has 1 fully saturated rings. The smallest absolute Gasteiger partial charge is 0.290 e. The molecule has 0 unspecified atom stereocenters. The van der Waals surface area contributed by atoms with Crippen LogP contribution in [0.2, 0.25) is 0 Å². The Hall–Kier alpha value is -2.03.